The van der Waals surface area contributed by atoms with Gasteiger partial charge in [-0.3, -0.25) is 4.79 Å². The van der Waals surface area contributed by atoms with Crippen molar-refractivity contribution >= 4 is 14.1 Å². The number of hydrogen-bond acceptors (Lipinski definition) is 4. The number of carbonyl (C=O) groups excluding carboxylic acids is 1. The third kappa shape index (κ3) is 4.79. The van der Waals surface area contributed by atoms with Crippen LogP contribution in [0.15, 0.2) is 103 Å². The van der Waals surface area contributed by atoms with E-state index >= 15 is 0 Å². The lowest BCUT2D eigenvalue weighted by Crippen LogP contribution is -2.66. The molecule has 5 heteroatoms. The fourth-order valence-electron chi connectivity index (χ4n) is 7.95. The molecule has 3 aromatic rings. The van der Waals surface area contributed by atoms with Crippen molar-refractivity contribution in [2.75, 3.05) is 6.61 Å². The van der Waals surface area contributed by atoms with Crippen LogP contribution in [0.25, 0.3) is 0 Å². The highest BCUT2D eigenvalue weighted by atomic mass is 28.4. The largest absolute Gasteiger partial charge is 0.413 e. The highest BCUT2D eigenvalue weighted by Gasteiger charge is 2.71. The second kappa shape index (κ2) is 11.2. The first-order valence-electron chi connectivity index (χ1n) is 16.2. The standard InChI is InChI=1S/C39H48O4Si/c1-28-25-33-26-37(5)34(43-44(6,7)36(2,3)4)24-23-32(39(37,42-33)35(28)40)27-41-38(29-17-11-8-12-18-29,30-19-13-9-14-20-30)31-21-15-10-16-22-31/h8-22,25,32-34H,23-24,26-27H2,1-7H3/t32-,33+,34+,37-,39-/m1/s1. The Kier molecular flexibility index (Phi) is 7.93. The van der Waals surface area contributed by atoms with Crippen molar-refractivity contribution in [2.24, 2.45) is 11.3 Å². The molecular weight excluding hydrogens is 561 g/mol. The molecule has 1 spiro atoms. The van der Waals surface area contributed by atoms with Crippen LogP contribution in [0.1, 0.15) is 70.6 Å². The van der Waals surface area contributed by atoms with E-state index in [0.717, 1.165) is 41.5 Å². The van der Waals surface area contributed by atoms with Crippen molar-refractivity contribution in [3.8, 4) is 0 Å². The summed E-state index contributed by atoms with van der Waals surface area (Å²) in [5.41, 5.74) is 1.68. The van der Waals surface area contributed by atoms with Gasteiger partial charge < -0.3 is 13.9 Å². The van der Waals surface area contributed by atoms with Crippen LogP contribution in [-0.2, 0) is 24.3 Å². The molecule has 3 aliphatic rings. The molecule has 2 aliphatic heterocycles. The van der Waals surface area contributed by atoms with Gasteiger partial charge in [0, 0.05) is 11.3 Å². The average Bonchev–Trinajstić information content (AvgIpc) is 3.28. The predicted molar refractivity (Wildman–Crippen MR) is 179 cm³/mol. The van der Waals surface area contributed by atoms with Crippen molar-refractivity contribution in [3.05, 3.63) is 119 Å². The van der Waals surface area contributed by atoms with Crippen LogP contribution in [0.5, 0.6) is 0 Å². The summed E-state index contributed by atoms with van der Waals surface area (Å²) in [5, 5.41) is 0.0733. The lowest BCUT2D eigenvalue weighted by atomic mass is 9.56. The normalized spacial score (nSPS) is 28.8. The van der Waals surface area contributed by atoms with Crippen LogP contribution in [0, 0.1) is 11.3 Å². The van der Waals surface area contributed by atoms with Gasteiger partial charge >= 0.3 is 0 Å². The Morgan fingerprint density at radius 3 is 1.82 bits per heavy atom. The number of fused-ring (bicyclic) bond motifs is 1. The molecule has 1 saturated heterocycles. The summed E-state index contributed by atoms with van der Waals surface area (Å²) in [6.45, 7) is 16.1. The quantitative estimate of drug-likeness (QED) is 0.189. The molecule has 0 aromatic heterocycles. The molecule has 0 unspecified atom stereocenters. The maximum atomic E-state index is 14.5. The SMILES string of the molecule is CC1=C[C@H]2C[C@]3(C)[C@@H](O[Si](C)(C)C(C)(C)C)CC[C@H](COC(c4ccccc4)(c4ccccc4)c4ccccc4)[C@@]3(O2)C1=O. The molecule has 1 aliphatic carbocycles. The third-order valence-corrected chi connectivity index (χ3v) is 15.8. The van der Waals surface area contributed by atoms with Crippen molar-refractivity contribution in [2.45, 2.75) is 95.4 Å². The van der Waals surface area contributed by atoms with Crippen LogP contribution in [0.4, 0.5) is 0 Å². The monoisotopic (exact) mass is 608 g/mol. The summed E-state index contributed by atoms with van der Waals surface area (Å²) in [5.74, 6) is -0.0148. The molecule has 0 radical (unpaired) electrons. The Labute approximate surface area is 265 Å². The van der Waals surface area contributed by atoms with E-state index in [4.69, 9.17) is 13.9 Å². The molecule has 2 heterocycles. The maximum Gasteiger partial charge on any atom is 0.192 e. The second-order valence-electron chi connectivity index (χ2n) is 14.9. The third-order valence-electron chi connectivity index (χ3n) is 11.3. The first-order chi connectivity index (χ1) is 20.8. The Morgan fingerprint density at radius 2 is 1.34 bits per heavy atom. The number of ether oxygens (including phenoxy) is 2. The summed E-state index contributed by atoms with van der Waals surface area (Å²) in [6.07, 6.45) is 4.37. The zero-order valence-electron chi connectivity index (χ0n) is 27.4. The van der Waals surface area contributed by atoms with Gasteiger partial charge in [-0.2, -0.15) is 0 Å². The molecule has 0 N–H and O–H groups in total. The van der Waals surface area contributed by atoms with Gasteiger partial charge in [0.25, 0.3) is 0 Å². The number of ketones is 1. The Morgan fingerprint density at radius 1 is 0.841 bits per heavy atom. The van der Waals surface area contributed by atoms with Gasteiger partial charge in [0.05, 0.1) is 18.8 Å². The molecule has 3 aromatic carbocycles. The van der Waals surface area contributed by atoms with E-state index in [-0.39, 0.29) is 28.9 Å². The maximum absolute atomic E-state index is 14.5. The molecule has 1 saturated carbocycles. The minimum Gasteiger partial charge on any atom is -0.413 e. The van der Waals surface area contributed by atoms with Gasteiger partial charge in [-0.15, -0.1) is 0 Å². The van der Waals surface area contributed by atoms with Gasteiger partial charge in [0.2, 0.25) is 0 Å². The lowest BCUT2D eigenvalue weighted by Gasteiger charge is -2.56. The first-order valence-corrected chi connectivity index (χ1v) is 19.2. The number of Topliss-reactive ketones (excluding diaryl/α,β-unsaturated/α-hetero) is 1. The van der Waals surface area contributed by atoms with E-state index in [0.29, 0.717) is 6.61 Å². The van der Waals surface area contributed by atoms with E-state index in [1.165, 1.54) is 0 Å². The molecule has 5 atom stereocenters. The Hall–Kier alpha value is -2.83. The lowest BCUT2D eigenvalue weighted by molar-refractivity contribution is -0.196. The molecule has 2 bridgehead atoms. The van der Waals surface area contributed by atoms with Crippen LogP contribution < -0.4 is 0 Å². The summed E-state index contributed by atoms with van der Waals surface area (Å²) in [7, 11) is -2.10. The van der Waals surface area contributed by atoms with Gasteiger partial charge in [-0.1, -0.05) is 119 Å². The fraction of sp³-hybridized carbons (Fsp3) is 0.462. The van der Waals surface area contributed by atoms with E-state index in [9.17, 15) is 4.79 Å². The Balaban J connectivity index is 1.44. The van der Waals surface area contributed by atoms with Crippen molar-refractivity contribution < 1.29 is 18.7 Å². The van der Waals surface area contributed by atoms with Crippen LogP contribution in [-0.4, -0.2) is 38.5 Å². The molecule has 0 amide bonds. The highest BCUT2D eigenvalue weighted by Crippen LogP contribution is 2.62. The fourth-order valence-corrected chi connectivity index (χ4v) is 9.39. The van der Waals surface area contributed by atoms with Crippen LogP contribution in [0.2, 0.25) is 18.1 Å². The number of rotatable bonds is 8. The number of hydrogen-bond donors (Lipinski definition) is 0. The molecule has 4 nitrogen and oxygen atoms in total. The predicted octanol–water partition coefficient (Wildman–Crippen LogP) is 8.86. The summed E-state index contributed by atoms with van der Waals surface area (Å²) >= 11 is 0. The van der Waals surface area contributed by atoms with E-state index < -0.39 is 24.9 Å². The summed E-state index contributed by atoms with van der Waals surface area (Å²) < 4.78 is 21.5. The van der Waals surface area contributed by atoms with Crippen LogP contribution in [0.3, 0.4) is 0 Å². The van der Waals surface area contributed by atoms with Gasteiger partial charge in [-0.25, -0.2) is 0 Å². The topological polar surface area (TPSA) is 44.8 Å². The molecule has 232 valence electrons. The minimum absolute atomic E-state index is 0.0463. The average molecular weight is 609 g/mol. The zero-order chi connectivity index (χ0) is 31.4. The molecular formula is C39H48O4Si. The van der Waals surface area contributed by atoms with Crippen molar-refractivity contribution in [1.29, 1.82) is 0 Å². The van der Waals surface area contributed by atoms with Gasteiger partial charge in [0.15, 0.2) is 14.1 Å². The Bertz CT molecular complexity index is 1410. The smallest absolute Gasteiger partial charge is 0.192 e. The minimum atomic E-state index is -2.10. The summed E-state index contributed by atoms with van der Waals surface area (Å²) in [6, 6.07) is 31.4. The van der Waals surface area contributed by atoms with Crippen LogP contribution >= 0.6 is 0 Å². The molecule has 44 heavy (non-hydrogen) atoms. The molecule has 2 fully saturated rings. The molecule has 6 rings (SSSR count). The van der Waals surface area contributed by atoms with Crippen molar-refractivity contribution in [3.63, 3.8) is 0 Å². The number of carbonyl (C=O) groups is 1. The van der Waals surface area contributed by atoms with E-state index in [2.05, 4.69) is 114 Å². The van der Waals surface area contributed by atoms with Crippen molar-refractivity contribution in [1.82, 2.24) is 0 Å². The second-order valence-corrected chi connectivity index (χ2v) is 19.7. The number of benzene rings is 3. The highest BCUT2D eigenvalue weighted by molar-refractivity contribution is 6.74. The summed E-state index contributed by atoms with van der Waals surface area (Å²) in [4.78, 5) is 14.5. The van der Waals surface area contributed by atoms with E-state index in [1.54, 1.807) is 0 Å². The van der Waals surface area contributed by atoms with Gasteiger partial charge in [-0.05, 0) is 72.7 Å². The van der Waals surface area contributed by atoms with E-state index in [1.807, 2.05) is 31.2 Å². The zero-order valence-corrected chi connectivity index (χ0v) is 28.4. The van der Waals surface area contributed by atoms with Gasteiger partial charge in [0.1, 0.15) is 11.2 Å². The first kappa shape index (κ1) is 31.2.